The van der Waals surface area contributed by atoms with Gasteiger partial charge in [-0.1, -0.05) is 31.2 Å². The van der Waals surface area contributed by atoms with Crippen LogP contribution in [0.15, 0.2) is 36.4 Å². The zero-order chi connectivity index (χ0) is 15.0. The Bertz CT molecular complexity index is 669. The van der Waals surface area contributed by atoms with E-state index < -0.39 is 17.5 Å². The van der Waals surface area contributed by atoms with Gasteiger partial charge in [-0.15, -0.1) is 0 Å². The zero-order valence-corrected chi connectivity index (χ0v) is 11.7. The van der Waals surface area contributed by atoms with Crippen LogP contribution in [-0.2, 0) is 6.42 Å². The maximum Gasteiger partial charge on any atom is 0.161 e. The van der Waals surface area contributed by atoms with Gasteiger partial charge in [-0.2, -0.15) is 0 Å². The quantitative estimate of drug-likeness (QED) is 0.836. The van der Waals surface area contributed by atoms with E-state index >= 15 is 0 Å². The lowest BCUT2D eigenvalue weighted by Crippen LogP contribution is -2.34. The van der Waals surface area contributed by atoms with Crippen molar-refractivity contribution < 1.29 is 13.2 Å². The summed E-state index contributed by atoms with van der Waals surface area (Å²) in [5.74, 6) is -2.79. The minimum absolute atomic E-state index is 0.0838. The second-order valence-corrected chi connectivity index (χ2v) is 5.33. The Morgan fingerprint density at radius 1 is 1.10 bits per heavy atom. The first-order valence-corrected chi connectivity index (χ1v) is 7.07. The smallest absolute Gasteiger partial charge is 0.161 e. The molecule has 0 fully saturated rings. The maximum atomic E-state index is 14.1. The van der Waals surface area contributed by atoms with Gasteiger partial charge in [0.15, 0.2) is 11.6 Å². The van der Waals surface area contributed by atoms with Crippen molar-refractivity contribution in [2.75, 3.05) is 6.54 Å². The standard InChI is InChI=1S/C17H16F3N/c1-2-21-17(12-7-10-5-3-4-6-11(10)12)13-8-15(19)16(20)9-14(13)18/h3-6,8-9,12,17,21H,2,7H2,1H3. The third-order valence-corrected chi connectivity index (χ3v) is 4.10. The Morgan fingerprint density at radius 3 is 2.52 bits per heavy atom. The van der Waals surface area contributed by atoms with E-state index in [4.69, 9.17) is 0 Å². The summed E-state index contributed by atoms with van der Waals surface area (Å²) in [6, 6.07) is 9.20. The molecule has 0 aromatic heterocycles. The van der Waals surface area contributed by atoms with Gasteiger partial charge < -0.3 is 5.32 Å². The molecule has 0 spiro atoms. The molecular formula is C17H16F3N. The Morgan fingerprint density at radius 2 is 1.81 bits per heavy atom. The molecule has 0 saturated carbocycles. The van der Waals surface area contributed by atoms with Crippen molar-refractivity contribution in [3.05, 3.63) is 70.5 Å². The van der Waals surface area contributed by atoms with Gasteiger partial charge in [0.1, 0.15) is 5.82 Å². The van der Waals surface area contributed by atoms with Gasteiger partial charge >= 0.3 is 0 Å². The van der Waals surface area contributed by atoms with Gasteiger partial charge in [-0.05, 0) is 30.2 Å². The first kappa shape index (κ1) is 14.1. The number of halogens is 3. The van der Waals surface area contributed by atoms with E-state index in [1.54, 1.807) is 0 Å². The molecular weight excluding hydrogens is 275 g/mol. The number of likely N-dealkylation sites (N-methyl/N-ethyl adjacent to an activating group) is 1. The summed E-state index contributed by atoms with van der Waals surface area (Å²) in [5, 5.41) is 3.20. The van der Waals surface area contributed by atoms with Crippen LogP contribution in [0, 0.1) is 17.5 Å². The largest absolute Gasteiger partial charge is 0.310 e. The Kier molecular flexibility index (Phi) is 3.72. The van der Waals surface area contributed by atoms with Gasteiger partial charge in [0.05, 0.1) is 0 Å². The highest BCUT2D eigenvalue weighted by atomic mass is 19.2. The van der Waals surface area contributed by atoms with E-state index in [1.807, 2.05) is 31.2 Å². The van der Waals surface area contributed by atoms with Crippen LogP contribution in [-0.4, -0.2) is 6.54 Å². The van der Waals surface area contributed by atoms with Crippen molar-refractivity contribution >= 4 is 0 Å². The maximum absolute atomic E-state index is 14.1. The molecule has 0 saturated heterocycles. The zero-order valence-electron chi connectivity index (χ0n) is 11.7. The molecule has 3 rings (SSSR count). The summed E-state index contributed by atoms with van der Waals surface area (Å²) in [7, 11) is 0. The molecule has 1 nitrogen and oxygen atoms in total. The molecule has 4 heteroatoms. The summed E-state index contributed by atoms with van der Waals surface area (Å²) in [6.07, 6.45) is 0.812. The van der Waals surface area contributed by atoms with E-state index in [0.717, 1.165) is 18.1 Å². The first-order valence-electron chi connectivity index (χ1n) is 7.07. The summed E-state index contributed by atoms with van der Waals surface area (Å²) >= 11 is 0. The molecule has 0 heterocycles. The summed E-state index contributed by atoms with van der Waals surface area (Å²) < 4.78 is 40.6. The normalized spacial score (nSPS) is 18.0. The van der Waals surface area contributed by atoms with Crippen molar-refractivity contribution in [1.29, 1.82) is 0 Å². The molecule has 2 unspecified atom stereocenters. The van der Waals surface area contributed by atoms with Crippen molar-refractivity contribution in [1.82, 2.24) is 5.32 Å². The molecule has 21 heavy (non-hydrogen) atoms. The van der Waals surface area contributed by atoms with E-state index in [1.165, 1.54) is 5.56 Å². The van der Waals surface area contributed by atoms with Gasteiger partial charge in [0.2, 0.25) is 0 Å². The SMILES string of the molecule is CCNC(c1cc(F)c(F)cc1F)C1Cc2ccccc21. The van der Waals surface area contributed by atoms with Crippen LogP contribution in [0.4, 0.5) is 13.2 Å². The van der Waals surface area contributed by atoms with Crippen LogP contribution in [0.5, 0.6) is 0 Å². The number of benzene rings is 2. The average molecular weight is 291 g/mol. The minimum Gasteiger partial charge on any atom is -0.310 e. The Labute approximate surface area is 121 Å². The van der Waals surface area contributed by atoms with Crippen molar-refractivity contribution in [3.63, 3.8) is 0 Å². The highest BCUT2D eigenvalue weighted by Crippen LogP contribution is 2.44. The van der Waals surface area contributed by atoms with E-state index in [-0.39, 0.29) is 17.5 Å². The predicted molar refractivity (Wildman–Crippen MR) is 75.6 cm³/mol. The Balaban J connectivity index is 1.99. The summed E-state index contributed by atoms with van der Waals surface area (Å²) in [6.45, 7) is 2.54. The van der Waals surface area contributed by atoms with Crippen LogP contribution in [0.2, 0.25) is 0 Å². The lowest BCUT2D eigenvalue weighted by molar-refractivity contribution is 0.398. The minimum atomic E-state index is -1.15. The predicted octanol–water partition coefficient (Wildman–Crippen LogP) is 4.09. The van der Waals surface area contributed by atoms with Crippen LogP contribution in [0.3, 0.4) is 0 Å². The van der Waals surface area contributed by atoms with E-state index in [2.05, 4.69) is 5.32 Å². The van der Waals surface area contributed by atoms with Crippen molar-refractivity contribution in [2.24, 2.45) is 0 Å². The fourth-order valence-corrected chi connectivity index (χ4v) is 3.06. The molecule has 110 valence electrons. The second-order valence-electron chi connectivity index (χ2n) is 5.33. The molecule has 0 bridgehead atoms. The molecule has 0 aliphatic heterocycles. The number of rotatable bonds is 4. The molecule has 0 amide bonds. The third kappa shape index (κ3) is 2.44. The van der Waals surface area contributed by atoms with Gasteiger partial charge in [0.25, 0.3) is 0 Å². The molecule has 0 radical (unpaired) electrons. The fraction of sp³-hybridized carbons (Fsp3) is 0.294. The van der Waals surface area contributed by atoms with Gasteiger partial charge in [-0.3, -0.25) is 0 Å². The third-order valence-electron chi connectivity index (χ3n) is 4.10. The van der Waals surface area contributed by atoms with Crippen molar-refractivity contribution in [3.8, 4) is 0 Å². The van der Waals surface area contributed by atoms with E-state index in [9.17, 15) is 13.2 Å². The highest BCUT2D eigenvalue weighted by Gasteiger charge is 2.34. The molecule has 1 aliphatic rings. The van der Waals surface area contributed by atoms with E-state index in [0.29, 0.717) is 12.6 Å². The van der Waals surface area contributed by atoms with Crippen molar-refractivity contribution in [2.45, 2.75) is 25.3 Å². The number of hydrogen-bond donors (Lipinski definition) is 1. The van der Waals surface area contributed by atoms with Crippen LogP contribution in [0.1, 0.15) is 35.6 Å². The monoisotopic (exact) mass is 291 g/mol. The molecule has 1 aliphatic carbocycles. The van der Waals surface area contributed by atoms with Crippen LogP contribution in [0.25, 0.3) is 0 Å². The van der Waals surface area contributed by atoms with Crippen LogP contribution < -0.4 is 5.32 Å². The van der Waals surface area contributed by atoms with Gasteiger partial charge in [0, 0.05) is 23.6 Å². The Hall–Kier alpha value is -1.81. The number of nitrogens with one attached hydrogen (secondary N) is 1. The van der Waals surface area contributed by atoms with Gasteiger partial charge in [-0.25, -0.2) is 13.2 Å². The fourth-order valence-electron chi connectivity index (χ4n) is 3.06. The summed E-state index contributed by atoms with van der Waals surface area (Å²) in [4.78, 5) is 0. The topological polar surface area (TPSA) is 12.0 Å². The molecule has 1 N–H and O–H groups in total. The molecule has 2 aromatic carbocycles. The lowest BCUT2D eigenvalue weighted by Gasteiger charge is -2.37. The van der Waals surface area contributed by atoms with Crippen LogP contribution >= 0.6 is 0 Å². The average Bonchev–Trinajstić information content (AvgIpc) is 2.43. The molecule has 2 atom stereocenters. The summed E-state index contributed by atoms with van der Waals surface area (Å²) in [5.41, 5.74) is 2.57. The first-order chi connectivity index (χ1) is 10.1. The number of hydrogen-bond acceptors (Lipinski definition) is 1. The lowest BCUT2D eigenvalue weighted by atomic mass is 9.71. The molecule has 2 aromatic rings. The highest BCUT2D eigenvalue weighted by molar-refractivity contribution is 5.43. The number of fused-ring (bicyclic) bond motifs is 1. The second kappa shape index (κ2) is 5.53.